The molecule has 18 heavy (non-hydrogen) atoms. The molecule has 3 heteroatoms. The van der Waals surface area contributed by atoms with Gasteiger partial charge < -0.3 is 4.74 Å². The Bertz CT molecular complexity index is 535. The number of hydrogen-bond donors (Lipinski definition) is 0. The molecule has 0 saturated heterocycles. The summed E-state index contributed by atoms with van der Waals surface area (Å²) in [6.07, 6.45) is 6.74. The first-order valence-corrected chi connectivity index (χ1v) is 5.59. The van der Waals surface area contributed by atoms with Crippen molar-refractivity contribution in [1.29, 1.82) is 0 Å². The minimum absolute atomic E-state index is 0.289. The highest BCUT2D eigenvalue weighted by Crippen LogP contribution is 2.09. The van der Waals surface area contributed by atoms with Gasteiger partial charge in [0.1, 0.15) is 6.04 Å². The van der Waals surface area contributed by atoms with Crippen molar-refractivity contribution in [2.75, 3.05) is 7.11 Å². The quantitative estimate of drug-likeness (QED) is 0.651. The first-order chi connectivity index (χ1) is 8.81. The molecule has 0 aliphatic carbocycles. The molecule has 0 N–H and O–H groups in total. The Morgan fingerprint density at radius 3 is 2.78 bits per heavy atom. The third kappa shape index (κ3) is 2.80. The first kappa shape index (κ1) is 12.0. The van der Waals surface area contributed by atoms with E-state index in [4.69, 9.17) is 4.74 Å². The molecule has 0 aromatic heterocycles. The molecule has 1 amide bonds. The second-order valence-corrected chi connectivity index (χ2v) is 3.68. The molecule has 1 atom stereocenters. The fourth-order valence-corrected chi connectivity index (χ4v) is 1.57. The zero-order valence-electron chi connectivity index (χ0n) is 10.0. The van der Waals surface area contributed by atoms with Crippen LogP contribution in [0.3, 0.4) is 0 Å². The van der Waals surface area contributed by atoms with Crippen LogP contribution in [0.5, 0.6) is 0 Å². The zero-order chi connectivity index (χ0) is 12.8. The van der Waals surface area contributed by atoms with Crippen molar-refractivity contribution in [2.45, 2.75) is 6.04 Å². The van der Waals surface area contributed by atoms with E-state index in [1.165, 1.54) is 12.0 Å². The van der Waals surface area contributed by atoms with Crippen molar-refractivity contribution in [3.05, 3.63) is 60.3 Å². The van der Waals surface area contributed by atoms with Gasteiger partial charge in [-0.05, 0) is 24.3 Å². The summed E-state index contributed by atoms with van der Waals surface area (Å²) < 4.78 is 4.71. The monoisotopic (exact) mass is 239 g/mol. The Hall–Kier alpha value is -2.47. The van der Waals surface area contributed by atoms with E-state index in [0.29, 0.717) is 0 Å². The largest absolute Gasteiger partial charge is 0.452 e. The van der Waals surface area contributed by atoms with Crippen molar-refractivity contribution in [3.8, 4) is 11.8 Å². The van der Waals surface area contributed by atoms with E-state index in [1.807, 2.05) is 42.5 Å². The van der Waals surface area contributed by atoms with E-state index in [-0.39, 0.29) is 6.04 Å². The van der Waals surface area contributed by atoms with Crippen LogP contribution in [0.4, 0.5) is 4.79 Å². The number of carbonyl (C=O) groups excluding carboxylic acids is 1. The normalized spacial score (nSPS) is 16.9. The number of allylic oxidation sites excluding steroid dienone is 2. The van der Waals surface area contributed by atoms with Crippen molar-refractivity contribution in [1.82, 2.24) is 4.90 Å². The summed E-state index contributed by atoms with van der Waals surface area (Å²) in [6, 6.07) is 9.37. The topological polar surface area (TPSA) is 29.5 Å². The highest BCUT2D eigenvalue weighted by molar-refractivity contribution is 5.70. The van der Waals surface area contributed by atoms with Crippen LogP contribution in [0.1, 0.15) is 5.56 Å². The lowest BCUT2D eigenvalue weighted by molar-refractivity contribution is 0.137. The van der Waals surface area contributed by atoms with Gasteiger partial charge >= 0.3 is 6.09 Å². The van der Waals surface area contributed by atoms with Gasteiger partial charge in [-0.1, -0.05) is 36.1 Å². The highest BCUT2D eigenvalue weighted by Gasteiger charge is 2.19. The van der Waals surface area contributed by atoms with E-state index < -0.39 is 6.09 Å². The highest BCUT2D eigenvalue weighted by atomic mass is 16.5. The summed E-state index contributed by atoms with van der Waals surface area (Å²) in [7, 11) is 1.36. The summed E-state index contributed by atoms with van der Waals surface area (Å²) in [5.74, 6) is 6.08. The molecular formula is C15H13NO2. The predicted molar refractivity (Wildman–Crippen MR) is 69.6 cm³/mol. The average Bonchev–Trinajstić information content (AvgIpc) is 2.45. The summed E-state index contributed by atoms with van der Waals surface area (Å²) in [5.41, 5.74) is 0.922. The van der Waals surface area contributed by atoms with Gasteiger partial charge in [-0.2, -0.15) is 0 Å². The summed E-state index contributed by atoms with van der Waals surface area (Å²) >= 11 is 0. The van der Waals surface area contributed by atoms with Gasteiger partial charge in [0.05, 0.1) is 7.11 Å². The second-order valence-electron chi connectivity index (χ2n) is 3.68. The Kier molecular flexibility index (Phi) is 3.83. The van der Waals surface area contributed by atoms with Crippen LogP contribution in [-0.2, 0) is 4.74 Å². The van der Waals surface area contributed by atoms with Crippen molar-refractivity contribution in [2.24, 2.45) is 0 Å². The van der Waals surface area contributed by atoms with Gasteiger partial charge in [-0.15, -0.1) is 0 Å². The van der Waals surface area contributed by atoms with Gasteiger partial charge in [0, 0.05) is 11.8 Å². The second kappa shape index (κ2) is 5.74. The van der Waals surface area contributed by atoms with E-state index in [2.05, 4.69) is 11.8 Å². The molecule has 0 spiro atoms. The van der Waals surface area contributed by atoms with Crippen LogP contribution < -0.4 is 0 Å². The van der Waals surface area contributed by atoms with Crippen molar-refractivity contribution < 1.29 is 9.53 Å². The molecular weight excluding hydrogens is 226 g/mol. The maximum absolute atomic E-state index is 11.5. The maximum atomic E-state index is 11.5. The van der Waals surface area contributed by atoms with Gasteiger partial charge in [0.15, 0.2) is 0 Å². The molecule has 1 heterocycles. The molecule has 0 radical (unpaired) electrons. The lowest BCUT2D eigenvalue weighted by Gasteiger charge is -2.22. The third-order valence-corrected chi connectivity index (χ3v) is 2.47. The summed E-state index contributed by atoms with van der Waals surface area (Å²) in [5, 5.41) is 0. The van der Waals surface area contributed by atoms with E-state index >= 15 is 0 Å². The van der Waals surface area contributed by atoms with Crippen molar-refractivity contribution in [3.63, 3.8) is 0 Å². The van der Waals surface area contributed by atoms with Crippen molar-refractivity contribution >= 4 is 6.09 Å². The molecule has 0 unspecified atom stereocenters. The molecule has 0 fully saturated rings. The predicted octanol–water partition coefficient (Wildman–Crippen LogP) is 2.56. The number of ether oxygens (including phenoxy) is 1. The van der Waals surface area contributed by atoms with Gasteiger partial charge in [-0.3, -0.25) is 4.90 Å². The Morgan fingerprint density at radius 1 is 1.28 bits per heavy atom. The minimum Gasteiger partial charge on any atom is -0.452 e. The standard InChI is InChI=1S/C15H13NO2/c1-18-15(17)16-12-6-5-9-14(16)11-10-13-7-3-2-4-8-13/h2-9,12,14H,1H3/t14-/m1/s1. The SMILES string of the molecule is COC(=O)N1C=CC=C[C@@H]1C#Cc1ccccc1. The molecule has 0 bridgehead atoms. The number of hydrogen-bond acceptors (Lipinski definition) is 2. The maximum Gasteiger partial charge on any atom is 0.414 e. The number of benzene rings is 1. The smallest absolute Gasteiger partial charge is 0.414 e. The molecule has 1 aliphatic rings. The number of amides is 1. The fraction of sp³-hybridized carbons (Fsp3) is 0.133. The zero-order valence-corrected chi connectivity index (χ0v) is 10.0. The Labute approximate surface area is 106 Å². The lowest BCUT2D eigenvalue weighted by atomic mass is 10.1. The number of methoxy groups -OCH3 is 1. The van der Waals surface area contributed by atoms with E-state index in [9.17, 15) is 4.79 Å². The number of carbonyl (C=O) groups is 1. The van der Waals surface area contributed by atoms with Crippen LogP contribution in [-0.4, -0.2) is 24.1 Å². The van der Waals surface area contributed by atoms with Crippen LogP contribution in [0, 0.1) is 11.8 Å². The lowest BCUT2D eigenvalue weighted by Crippen LogP contribution is -2.35. The Balaban J connectivity index is 2.17. The van der Waals surface area contributed by atoms with Crippen LogP contribution in [0.25, 0.3) is 0 Å². The molecule has 90 valence electrons. The molecule has 2 rings (SSSR count). The van der Waals surface area contributed by atoms with Gasteiger partial charge in [0.25, 0.3) is 0 Å². The summed E-state index contributed by atoms with van der Waals surface area (Å²) in [4.78, 5) is 13.0. The van der Waals surface area contributed by atoms with E-state index in [1.54, 1.807) is 12.3 Å². The Morgan fingerprint density at radius 2 is 2.06 bits per heavy atom. The molecule has 1 aliphatic heterocycles. The average molecular weight is 239 g/mol. The third-order valence-electron chi connectivity index (χ3n) is 2.47. The van der Waals surface area contributed by atoms with E-state index in [0.717, 1.165) is 5.56 Å². The molecule has 1 aromatic carbocycles. The summed E-state index contributed by atoms with van der Waals surface area (Å²) in [6.45, 7) is 0. The van der Waals surface area contributed by atoms with Crippen LogP contribution in [0.15, 0.2) is 54.8 Å². The van der Waals surface area contributed by atoms with Gasteiger partial charge in [0.2, 0.25) is 0 Å². The molecule has 3 nitrogen and oxygen atoms in total. The minimum atomic E-state index is -0.414. The van der Waals surface area contributed by atoms with Crippen LogP contribution >= 0.6 is 0 Å². The molecule has 0 saturated carbocycles. The number of rotatable bonds is 0. The first-order valence-electron chi connectivity index (χ1n) is 5.59. The fourth-order valence-electron chi connectivity index (χ4n) is 1.57. The van der Waals surface area contributed by atoms with Gasteiger partial charge in [-0.25, -0.2) is 4.79 Å². The van der Waals surface area contributed by atoms with Crippen LogP contribution in [0.2, 0.25) is 0 Å². The number of nitrogens with zero attached hydrogens (tertiary/aromatic N) is 1. The molecule has 1 aromatic rings.